The lowest BCUT2D eigenvalue weighted by Crippen LogP contribution is -2.50. The molecule has 4 heteroatoms. The predicted molar refractivity (Wildman–Crippen MR) is 53.8 cm³/mol. The fourth-order valence-electron chi connectivity index (χ4n) is 0.872. The molecule has 0 aliphatic rings. The van der Waals surface area contributed by atoms with Crippen LogP contribution in [0.3, 0.4) is 0 Å². The molecule has 0 amide bonds. The maximum Gasteiger partial charge on any atom is 0.330 e. The fourth-order valence-corrected chi connectivity index (χ4v) is 2.33. The summed E-state index contributed by atoms with van der Waals surface area (Å²) < 4.78 is 5.43. The molecule has 0 aromatic heterocycles. The molecule has 0 saturated heterocycles. The summed E-state index contributed by atoms with van der Waals surface area (Å²) in [6.07, 6.45) is 1.92. The minimum atomic E-state index is -2.72. The summed E-state index contributed by atoms with van der Waals surface area (Å²) in [5.74, 6) is 0. The van der Waals surface area contributed by atoms with Crippen molar-refractivity contribution in [2.24, 2.45) is 0 Å². The highest BCUT2D eigenvalue weighted by atomic mass is 28.4. The van der Waals surface area contributed by atoms with E-state index in [0.29, 0.717) is 6.61 Å². The highest BCUT2D eigenvalue weighted by molar-refractivity contribution is 7.20. The molecule has 0 rings (SSSR count). The molecule has 0 aliphatic carbocycles. The Labute approximate surface area is 80.6 Å². The molecule has 0 aromatic carbocycles. The molecule has 0 aliphatic heterocycles. The van der Waals surface area contributed by atoms with Crippen molar-refractivity contribution in [1.29, 1.82) is 0 Å². The molecular weight excluding hydrogens is 184 g/mol. The Hall–Kier alpha value is -0.483. The number of unbranched alkanes of at least 4 members (excludes halogenated alkanes) is 1. The number of carbonyl (C=O) groups excluding carboxylic acids is 2. The zero-order chi connectivity index (χ0) is 10.5. The lowest BCUT2D eigenvalue weighted by Gasteiger charge is -2.20. The van der Waals surface area contributed by atoms with E-state index in [1.165, 1.54) is 13.8 Å². The largest absolute Gasteiger partial charge is 0.404 e. The van der Waals surface area contributed by atoms with Gasteiger partial charge in [0.15, 0.2) is 0 Å². The third-order valence-electron chi connectivity index (χ3n) is 2.23. The molecule has 76 valence electrons. The van der Waals surface area contributed by atoms with Crippen molar-refractivity contribution >= 4 is 19.1 Å². The second-order valence-corrected chi connectivity index (χ2v) is 7.11. The Bertz CT molecular complexity index is 187. The van der Waals surface area contributed by atoms with Crippen LogP contribution in [0.2, 0.25) is 6.55 Å². The Morgan fingerprint density at radius 1 is 1.23 bits per heavy atom. The van der Waals surface area contributed by atoms with Crippen molar-refractivity contribution in [2.45, 2.75) is 40.2 Å². The Kier molecular flexibility index (Phi) is 5.09. The van der Waals surface area contributed by atoms with Gasteiger partial charge in [-0.05, 0) is 26.8 Å². The minimum Gasteiger partial charge on any atom is -0.404 e. The highest BCUT2D eigenvalue weighted by Crippen LogP contribution is 2.08. The van der Waals surface area contributed by atoms with Crippen molar-refractivity contribution in [3.05, 3.63) is 0 Å². The van der Waals surface area contributed by atoms with Crippen LogP contribution >= 0.6 is 0 Å². The van der Waals surface area contributed by atoms with Crippen molar-refractivity contribution in [1.82, 2.24) is 0 Å². The molecule has 0 bridgehead atoms. The number of carbonyl (C=O) groups is 2. The van der Waals surface area contributed by atoms with Crippen LogP contribution in [0, 0.1) is 0 Å². The molecule has 0 unspecified atom stereocenters. The van der Waals surface area contributed by atoms with Crippen LogP contribution in [-0.4, -0.2) is 25.7 Å². The molecule has 0 aromatic rings. The molecule has 0 fully saturated rings. The predicted octanol–water partition coefficient (Wildman–Crippen LogP) is 1.63. The topological polar surface area (TPSA) is 43.4 Å². The minimum absolute atomic E-state index is 0.0869. The second-order valence-electron chi connectivity index (χ2n) is 3.35. The molecule has 0 heterocycles. The van der Waals surface area contributed by atoms with Crippen molar-refractivity contribution < 1.29 is 14.0 Å². The van der Waals surface area contributed by atoms with Gasteiger partial charge >= 0.3 is 8.32 Å². The van der Waals surface area contributed by atoms with E-state index in [1.54, 1.807) is 6.55 Å². The molecule has 0 spiro atoms. The Morgan fingerprint density at radius 3 is 2.00 bits per heavy atom. The summed E-state index contributed by atoms with van der Waals surface area (Å²) >= 11 is 0. The van der Waals surface area contributed by atoms with Gasteiger partial charge in [-0.25, -0.2) is 0 Å². The number of rotatable bonds is 6. The number of hydrogen-bond acceptors (Lipinski definition) is 3. The van der Waals surface area contributed by atoms with E-state index in [0.717, 1.165) is 12.8 Å². The van der Waals surface area contributed by atoms with Gasteiger partial charge in [0.1, 0.15) is 10.8 Å². The lowest BCUT2D eigenvalue weighted by atomic mass is 10.4. The van der Waals surface area contributed by atoms with Crippen molar-refractivity contribution in [3.63, 3.8) is 0 Å². The van der Waals surface area contributed by atoms with Crippen LogP contribution in [-0.2, 0) is 14.0 Å². The fraction of sp³-hybridized carbons (Fsp3) is 0.778. The third-order valence-corrected chi connectivity index (χ3v) is 5.70. The van der Waals surface area contributed by atoms with Crippen molar-refractivity contribution in [2.75, 3.05) is 6.61 Å². The highest BCUT2D eigenvalue weighted by Gasteiger charge is 2.40. The van der Waals surface area contributed by atoms with E-state index in [-0.39, 0.29) is 10.8 Å². The van der Waals surface area contributed by atoms with E-state index in [9.17, 15) is 9.59 Å². The van der Waals surface area contributed by atoms with Gasteiger partial charge in [-0.15, -0.1) is 0 Å². The summed E-state index contributed by atoms with van der Waals surface area (Å²) in [5, 5.41) is -0.174. The van der Waals surface area contributed by atoms with E-state index < -0.39 is 8.32 Å². The Balaban J connectivity index is 4.26. The monoisotopic (exact) mass is 202 g/mol. The van der Waals surface area contributed by atoms with Gasteiger partial charge in [0.05, 0.1) is 0 Å². The first-order valence-electron chi connectivity index (χ1n) is 4.61. The first kappa shape index (κ1) is 12.5. The second kappa shape index (κ2) is 5.29. The summed E-state index contributed by atoms with van der Waals surface area (Å²) in [6.45, 7) is 7.13. The SMILES string of the molecule is CCCCO[Si](C)(C(C)=O)C(C)=O. The molecule has 13 heavy (non-hydrogen) atoms. The first-order chi connectivity index (χ1) is 5.95. The quantitative estimate of drug-likeness (QED) is 0.486. The first-order valence-corrected chi connectivity index (χ1v) is 7.02. The molecule has 0 saturated carbocycles. The number of hydrogen-bond donors (Lipinski definition) is 0. The van der Waals surface area contributed by atoms with Crippen LogP contribution in [0.25, 0.3) is 0 Å². The van der Waals surface area contributed by atoms with Gasteiger partial charge < -0.3 is 14.0 Å². The third kappa shape index (κ3) is 3.40. The van der Waals surface area contributed by atoms with Gasteiger partial charge in [0.25, 0.3) is 0 Å². The van der Waals surface area contributed by atoms with Crippen molar-refractivity contribution in [3.8, 4) is 0 Å². The summed E-state index contributed by atoms with van der Waals surface area (Å²) in [7, 11) is -2.72. The summed E-state index contributed by atoms with van der Waals surface area (Å²) in [5.41, 5.74) is 0. The molecule has 0 N–H and O–H groups in total. The van der Waals surface area contributed by atoms with Crippen LogP contribution in [0.4, 0.5) is 0 Å². The normalized spacial score (nSPS) is 11.4. The van der Waals surface area contributed by atoms with Crippen LogP contribution in [0.15, 0.2) is 0 Å². The zero-order valence-electron chi connectivity index (χ0n) is 8.85. The van der Waals surface area contributed by atoms with Gasteiger partial charge in [-0.2, -0.15) is 0 Å². The van der Waals surface area contributed by atoms with E-state index >= 15 is 0 Å². The van der Waals surface area contributed by atoms with E-state index in [1.807, 2.05) is 6.92 Å². The molecular formula is C9H18O3Si. The standard InChI is InChI=1S/C9H18O3Si/c1-5-6-7-12-13(4,8(2)10)9(3)11/h5-7H2,1-4H3. The maximum absolute atomic E-state index is 11.2. The molecule has 3 nitrogen and oxygen atoms in total. The van der Waals surface area contributed by atoms with Gasteiger partial charge in [-0.3, -0.25) is 0 Å². The van der Waals surface area contributed by atoms with E-state index in [2.05, 4.69) is 0 Å². The van der Waals surface area contributed by atoms with Gasteiger partial charge in [0.2, 0.25) is 0 Å². The molecule has 0 radical (unpaired) electrons. The summed E-state index contributed by atoms with van der Waals surface area (Å²) in [4.78, 5) is 22.4. The van der Waals surface area contributed by atoms with Gasteiger partial charge in [0, 0.05) is 6.61 Å². The summed E-state index contributed by atoms with van der Waals surface area (Å²) in [6, 6.07) is 0. The van der Waals surface area contributed by atoms with Crippen LogP contribution in [0.1, 0.15) is 33.6 Å². The van der Waals surface area contributed by atoms with Crippen LogP contribution < -0.4 is 0 Å². The van der Waals surface area contributed by atoms with E-state index in [4.69, 9.17) is 4.43 Å². The smallest absolute Gasteiger partial charge is 0.330 e. The zero-order valence-corrected chi connectivity index (χ0v) is 9.85. The van der Waals surface area contributed by atoms with Crippen LogP contribution in [0.5, 0.6) is 0 Å². The Morgan fingerprint density at radius 2 is 1.69 bits per heavy atom. The molecule has 0 atom stereocenters. The maximum atomic E-state index is 11.2. The average molecular weight is 202 g/mol. The average Bonchev–Trinajstić information content (AvgIpc) is 2.03. The van der Waals surface area contributed by atoms with Gasteiger partial charge in [-0.1, -0.05) is 13.3 Å². The lowest BCUT2D eigenvalue weighted by molar-refractivity contribution is -0.116.